The summed E-state index contributed by atoms with van der Waals surface area (Å²) < 4.78 is 0. The number of nitrogens with two attached hydrogens (primary N) is 4. The summed E-state index contributed by atoms with van der Waals surface area (Å²) in [4.78, 5) is 7.28. The molecular weight excluding hydrogens is 158 g/mol. The van der Waals surface area contributed by atoms with Gasteiger partial charge in [-0.3, -0.25) is 0 Å². The van der Waals surface area contributed by atoms with Gasteiger partial charge in [0.05, 0.1) is 0 Å². The van der Waals surface area contributed by atoms with Gasteiger partial charge in [0.2, 0.25) is 0 Å². The Kier molecular flexibility index (Phi) is 4.82. The molecule has 0 aliphatic carbocycles. The molecule has 0 bridgehead atoms. The van der Waals surface area contributed by atoms with Gasteiger partial charge in [0, 0.05) is 0 Å². The molecule has 0 saturated carbocycles. The summed E-state index contributed by atoms with van der Waals surface area (Å²) in [6.45, 7) is 0. The number of nitrogens with zero attached hydrogens (tertiary/aromatic N) is 2. The van der Waals surface area contributed by atoms with Crippen LogP contribution in [0.15, 0.2) is 0 Å². The lowest BCUT2D eigenvalue weighted by Crippen LogP contribution is -2.71. The molecule has 0 radical (unpaired) electrons. The molecule has 0 aromatic heterocycles. The van der Waals surface area contributed by atoms with E-state index in [2.05, 4.69) is 0 Å². The van der Waals surface area contributed by atoms with Crippen LogP contribution in [0.3, 0.4) is 0 Å². The first-order chi connectivity index (χ1) is 4.68. The molecule has 0 aliphatic heterocycles. The lowest BCUT2D eigenvalue weighted by molar-refractivity contribution is -0.880. The van der Waals surface area contributed by atoms with Crippen LogP contribution < -0.4 is 23.3 Å². The predicted molar refractivity (Wildman–Crippen MR) is 33.5 cm³/mol. The number of guanidine groups is 1. The highest BCUT2D eigenvalue weighted by Crippen LogP contribution is 1.63. The molecule has 0 unspecified atom stereocenters. The Balaban J connectivity index is 0. The van der Waals surface area contributed by atoms with Crippen molar-refractivity contribution in [2.45, 2.75) is 0 Å². The lowest BCUT2D eigenvalue weighted by Gasteiger charge is -2.14. The molecule has 0 fully saturated rings. The van der Waals surface area contributed by atoms with Crippen molar-refractivity contribution in [1.29, 1.82) is 5.41 Å². The van der Waals surface area contributed by atoms with E-state index in [9.17, 15) is 0 Å². The highest BCUT2D eigenvalue weighted by molar-refractivity contribution is 5.65. The maximum Gasteiger partial charge on any atom is 0.352 e. The average molecular weight is 168 g/mol. The molecule has 66 valence electrons. The SMILES string of the molecule is N=C(N)[N+](N)(N)N.O=[N+]([O-])O. The van der Waals surface area contributed by atoms with Crippen molar-refractivity contribution in [1.82, 2.24) is 0 Å². The zero-order valence-electron chi connectivity index (χ0n) is 5.47. The first-order valence-electron chi connectivity index (χ1n) is 2.10. The molecule has 0 aromatic rings. The zero-order chi connectivity index (χ0) is 9.65. The van der Waals surface area contributed by atoms with Crippen LogP contribution in [0, 0.1) is 15.5 Å². The predicted octanol–water partition coefficient (Wildman–Crippen LogP) is -3.03. The molecule has 0 atom stereocenters. The van der Waals surface area contributed by atoms with Crippen molar-refractivity contribution in [3.8, 4) is 0 Å². The summed E-state index contributed by atoms with van der Waals surface area (Å²) in [5.41, 5.74) is 4.75. The lowest BCUT2D eigenvalue weighted by atomic mass is 11.0. The Morgan fingerprint density at radius 1 is 1.55 bits per heavy atom. The fraction of sp³-hybridized carbons (Fsp3) is 0. The Morgan fingerprint density at radius 2 is 1.64 bits per heavy atom. The summed E-state index contributed by atoms with van der Waals surface area (Å²) in [5.74, 6) is 14.0. The second kappa shape index (κ2) is 4.35. The summed E-state index contributed by atoms with van der Waals surface area (Å²) in [7, 11) is 0. The van der Waals surface area contributed by atoms with Crippen LogP contribution in [0.1, 0.15) is 0 Å². The largest absolute Gasteiger partial charge is 0.352 e. The molecule has 10 nitrogen and oxygen atoms in total. The average Bonchev–Trinajstić information content (AvgIpc) is 1.59. The topological polar surface area (TPSA) is 191 Å². The zero-order valence-corrected chi connectivity index (χ0v) is 5.47. The maximum atomic E-state index is 8.36. The van der Waals surface area contributed by atoms with Gasteiger partial charge >= 0.3 is 5.96 Å². The minimum Gasteiger partial charge on any atom is -0.333 e. The Bertz CT molecular complexity index is 142. The van der Waals surface area contributed by atoms with Gasteiger partial charge in [0.1, 0.15) is 0 Å². The van der Waals surface area contributed by atoms with Crippen molar-refractivity contribution in [2.24, 2.45) is 23.3 Å². The quantitative estimate of drug-likeness (QED) is 0.0552. The Hall–Kier alpha value is -1.49. The first kappa shape index (κ1) is 12.2. The molecular formula is CH10N7O3+. The third-order valence-corrected chi connectivity index (χ3v) is 0.417. The van der Waals surface area contributed by atoms with E-state index >= 15 is 0 Å². The molecule has 11 heavy (non-hydrogen) atoms. The van der Waals surface area contributed by atoms with Gasteiger partial charge < -0.3 is 10.9 Å². The van der Waals surface area contributed by atoms with Crippen molar-refractivity contribution >= 4 is 5.96 Å². The highest BCUT2D eigenvalue weighted by Gasteiger charge is 2.14. The standard InChI is InChI=1S/CH9N6.HNO3/c2-1(3)7(4,5)6;2-1(3)4/h4-6H2,(H3,2,3);(H,2,3,4)/q+1;. The summed E-state index contributed by atoms with van der Waals surface area (Å²) in [5, 5.41) is 20.2. The van der Waals surface area contributed by atoms with Gasteiger partial charge in [-0.1, -0.05) is 0 Å². The second-order valence-corrected chi connectivity index (χ2v) is 1.46. The first-order valence-corrected chi connectivity index (χ1v) is 2.10. The fourth-order valence-corrected chi connectivity index (χ4v) is 0. The van der Waals surface area contributed by atoms with Crippen LogP contribution in [0.5, 0.6) is 0 Å². The highest BCUT2D eigenvalue weighted by atomic mass is 16.9. The van der Waals surface area contributed by atoms with Gasteiger partial charge in [-0.25, -0.2) is 5.41 Å². The van der Waals surface area contributed by atoms with Crippen molar-refractivity contribution in [3.63, 3.8) is 0 Å². The van der Waals surface area contributed by atoms with Gasteiger partial charge in [-0.2, -0.15) is 0 Å². The van der Waals surface area contributed by atoms with E-state index in [1.54, 1.807) is 0 Å². The number of quaternary nitrogens is 1. The van der Waals surface area contributed by atoms with Gasteiger partial charge in [0.15, 0.2) is 0 Å². The van der Waals surface area contributed by atoms with E-state index in [0.717, 1.165) is 0 Å². The van der Waals surface area contributed by atoms with E-state index < -0.39 is 15.9 Å². The van der Waals surface area contributed by atoms with Crippen LogP contribution in [-0.2, 0) is 0 Å². The van der Waals surface area contributed by atoms with Crippen LogP contribution in [-0.4, -0.2) is 21.1 Å². The van der Waals surface area contributed by atoms with Crippen molar-refractivity contribution in [3.05, 3.63) is 10.1 Å². The number of rotatable bonds is 0. The fourth-order valence-electron chi connectivity index (χ4n) is 0. The van der Waals surface area contributed by atoms with E-state index in [4.69, 9.17) is 44.0 Å². The van der Waals surface area contributed by atoms with Crippen LogP contribution >= 0.6 is 0 Å². The van der Waals surface area contributed by atoms with E-state index in [-0.39, 0.29) is 0 Å². The summed E-state index contributed by atoms with van der Waals surface area (Å²) >= 11 is 0. The van der Waals surface area contributed by atoms with Gasteiger partial charge in [-0.15, -0.1) is 27.6 Å². The maximum absolute atomic E-state index is 8.36. The molecule has 0 saturated heterocycles. The third kappa shape index (κ3) is 17.7. The molecule has 0 aliphatic rings. The molecule has 10 N–H and O–H groups in total. The molecule has 0 spiro atoms. The van der Waals surface area contributed by atoms with Crippen LogP contribution in [0.2, 0.25) is 0 Å². The van der Waals surface area contributed by atoms with E-state index in [1.807, 2.05) is 0 Å². The van der Waals surface area contributed by atoms with Crippen molar-refractivity contribution in [2.75, 3.05) is 0 Å². The van der Waals surface area contributed by atoms with E-state index in [1.165, 1.54) is 0 Å². The second-order valence-electron chi connectivity index (χ2n) is 1.46. The van der Waals surface area contributed by atoms with Crippen molar-refractivity contribution < 1.29 is 15.1 Å². The van der Waals surface area contributed by atoms with Gasteiger partial charge in [0.25, 0.3) is 5.09 Å². The number of hydrogen-bond donors (Lipinski definition) is 6. The smallest absolute Gasteiger partial charge is 0.333 e. The minimum absolute atomic E-state index is 0.486. The monoisotopic (exact) mass is 168 g/mol. The summed E-state index contributed by atoms with van der Waals surface area (Å²) in [6.07, 6.45) is 0. The molecule has 0 amide bonds. The van der Waals surface area contributed by atoms with Crippen LogP contribution in [0.25, 0.3) is 0 Å². The van der Waals surface area contributed by atoms with E-state index in [0.29, 0.717) is 0 Å². The minimum atomic E-state index is -1.50. The number of hydrogen-bond acceptors (Lipinski definition) is 6. The Morgan fingerprint density at radius 3 is 1.64 bits per heavy atom. The molecule has 0 heterocycles. The third-order valence-electron chi connectivity index (χ3n) is 0.417. The molecule has 0 rings (SSSR count). The Labute approximate surface area is 61.1 Å². The number of nitrogens with one attached hydrogen (secondary N) is 1. The summed E-state index contributed by atoms with van der Waals surface area (Å²) in [6, 6.07) is 0. The van der Waals surface area contributed by atoms with Gasteiger partial charge in [-0.05, 0) is 4.81 Å². The molecule has 0 aromatic carbocycles. The molecule has 10 heteroatoms. The van der Waals surface area contributed by atoms with Crippen LogP contribution in [0.4, 0.5) is 0 Å². The normalized spacial score (nSPS) is 9.36.